The highest BCUT2D eigenvalue weighted by atomic mass is 16.4. The molecule has 2 rings (SSSR count). The molecule has 0 saturated heterocycles. The summed E-state index contributed by atoms with van der Waals surface area (Å²) in [4.78, 5) is 17.1. The molecular weight excluding hydrogens is 228 g/mol. The smallest absolute Gasteiger partial charge is 0.354 e. The summed E-state index contributed by atoms with van der Waals surface area (Å²) in [7, 11) is 0. The first-order valence-electron chi connectivity index (χ1n) is 6.54. The van der Waals surface area contributed by atoms with Crippen molar-refractivity contribution in [2.24, 2.45) is 5.92 Å². The van der Waals surface area contributed by atoms with Crippen LogP contribution in [0.2, 0.25) is 0 Å². The summed E-state index contributed by atoms with van der Waals surface area (Å²) in [6.07, 6.45) is 5.14. The molecule has 1 aromatic rings. The molecule has 0 unspecified atom stereocenters. The molecule has 0 aliphatic heterocycles. The van der Waals surface area contributed by atoms with Gasteiger partial charge in [-0.15, -0.1) is 0 Å². The topological polar surface area (TPSA) is 53.4 Å². The number of hydrogen-bond donors (Lipinski definition) is 1. The van der Waals surface area contributed by atoms with Crippen LogP contribution in [0.3, 0.4) is 0 Å². The maximum absolute atomic E-state index is 10.9. The summed E-state index contributed by atoms with van der Waals surface area (Å²) in [5.41, 5.74) is 1.12. The molecule has 0 amide bonds. The van der Waals surface area contributed by atoms with Crippen molar-refractivity contribution < 1.29 is 9.90 Å². The Morgan fingerprint density at radius 2 is 2.28 bits per heavy atom. The fraction of sp³-hybridized carbons (Fsp3) is 0.571. The first-order valence-corrected chi connectivity index (χ1v) is 6.54. The average molecular weight is 248 g/mol. The highest BCUT2D eigenvalue weighted by molar-refractivity contribution is 5.86. The van der Waals surface area contributed by atoms with E-state index in [1.165, 1.54) is 12.8 Å². The Labute approximate surface area is 108 Å². The second-order valence-corrected chi connectivity index (χ2v) is 5.31. The van der Waals surface area contributed by atoms with Gasteiger partial charge in [-0.25, -0.2) is 9.78 Å². The van der Waals surface area contributed by atoms with Crippen LogP contribution in [-0.2, 0) is 0 Å². The van der Waals surface area contributed by atoms with Crippen molar-refractivity contribution >= 4 is 11.7 Å². The second kappa shape index (κ2) is 5.38. The third kappa shape index (κ3) is 3.22. The molecule has 1 fully saturated rings. The molecule has 0 bridgehead atoms. The van der Waals surface area contributed by atoms with E-state index in [4.69, 9.17) is 5.11 Å². The molecule has 1 aliphatic rings. The molecule has 0 spiro atoms. The van der Waals surface area contributed by atoms with E-state index >= 15 is 0 Å². The first kappa shape index (κ1) is 12.9. The van der Waals surface area contributed by atoms with Gasteiger partial charge in [0.25, 0.3) is 0 Å². The Hall–Kier alpha value is -1.58. The zero-order valence-corrected chi connectivity index (χ0v) is 11.0. The minimum atomic E-state index is -0.962. The summed E-state index contributed by atoms with van der Waals surface area (Å²) in [5.74, 6) is -0.302. The van der Waals surface area contributed by atoms with Gasteiger partial charge in [-0.2, -0.15) is 0 Å². The number of carboxylic acids is 1. The van der Waals surface area contributed by atoms with Gasteiger partial charge >= 0.3 is 5.97 Å². The Bertz CT molecular complexity index is 428. The molecule has 4 nitrogen and oxygen atoms in total. The van der Waals surface area contributed by atoms with E-state index in [0.717, 1.165) is 18.7 Å². The quantitative estimate of drug-likeness (QED) is 0.841. The minimum absolute atomic E-state index is 0.127. The number of carboxylic acid groups (broad SMARTS) is 1. The second-order valence-electron chi connectivity index (χ2n) is 5.31. The normalized spacial score (nSPS) is 14.8. The molecular formula is C14H20N2O2. The van der Waals surface area contributed by atoms with Crippen LogP contribution in [0.25, 0.3) is 0 Å². The predicted octanol–water partition coefficient (Wildman–Crippen LogP) is 2.79. The Balaban J connectivity index is 2.14. The van der Waals surface area contributed by atoms with Crippen LogP contribution in [0.5, 0.6) is 0 Å². The van der Waals surface area contributed by atoms with Gasteiger partial charge < -0.3 is 10.0 Å². The highest BCUT2D eigenvalue weighted by Gasteiger charge is 2.29. The fourth-order valence-electron chi connectivity index (χ4n) is 2.02. The van der Waals surface area contributed by atoms with Gasteiger partial charge in [0.2, 0.25) is 0 Å². The molecule has 18 heavy (non-hydrogen) atoms. The number of rotatable bonds is 6. The summed E-state index contributed by atoms with van der Waals surface area (Å²) >= 11 is 0. The lowest BCUT2D eigenvalue weighted by molar-refractivity contribution is 0.0690. The Kier molecular flexibility index (Phi) is 3.84. The SMILES string of the molecule is CC(C)CCN(c1ccnc(C(=O)O)c1)C1CC1. The van der Waals surface area contributed by atoms with Gasteiger partial charge in [-0.05, 0) is 37.3 Å². The summed E-state index contributed by atoms with van der Waals surface area (Å²) in [6, 6.07) is 4.18. The largest absolute Gasteiger partial charge is 0.477 e. The third-order valence-electron chi connectivity index (χ3n) is 3.23. The minimum Gasteiger partial charge on any atom is -0.477 e. The number of aromatic nitrogens is 1. The van der Waals surface area contributed by atoms with Crippen LogP contribution in [0.15, 0.2) is 18.3 Å². The van der Waals surface area contributed by atoms with Crippen molar-refractivity contribution in [3.63, 3.8) is 0 Å². The molecule has 98 valence electrons. The van der Waals surface area contributed by atoms with Gasteiger partial charge in [-0.3, -0.25) is 0 Å². The zero-order chi connectivity index (χ0) is 13.1. The van der Waals surface area contributed by atoms with E-state index in [1.807, 2.05) is 6.07 Å². The van der Waals surface area contributed by atoms with Gasteiger partial charge in [0.15, 0.2) is 0 Å². The number of hydrogen-bond acceptors (Lipinski definition) is 3. The van der Waals surface area contributed by atoms with Crippen molar-refractivity contribution in [2.75, 3.05) is 11.4 Å². The van der Waals surface area contributed by atoms with E-state index in [0.29, 0.717) is 12.0 Å². The molecule has 0 aromatic carbocycles. The number of anilines is 1. The van der Waals surface area contributed by atoms with Gasteiger partial charge in [0, 0.05) is 24.5 Å². The summed E-state index contributed by atoms with van der Waals surface area (Å²) in [6.45, 7) is 5.41. The highest BCUT2D eigenvalue weighted by Crippen LogP contribution is 2.32. The Morgan fingerprint density at radius 3 is 2.83 bits per heavy atom. The lowest BCUT2D eigenvalue weighted by atomic mass is 10.1. The third-order valence-corrected chi connectivity index (χ3v) is 3.23. The van der Waals surface area contributed by atoms with Crippen LogP contribution in [-0.4, -0.2) is 28.6 Å². The molecule has 1 aromatic heterocycles. The van der Waals surface area contributed by atoms with Crippen molar-refractivity contribution in [1.29, 1.82) is 0 Å². The van der Waals surface area contributed by atoms with Crippen LogP contribution in [0.4, 0.5) is 5.69 Å². The molecule has 1 saturated carbocycles. The van der Waals surface area contributed by atoms with Crippen molar-refractivity contribution in [2.45, 2.75) is 39.2 Å². The van der Waals surface area contributed by atoms with Gasteiger partial charge in [-0.1, -0.05) is 13.8 Å². The van der Waals surface area contributed by atoms with Gasteiger partial charge in [0.05, 0.1) is 0 Å². The van der Waals surface area contributed by atoms with E-state index in [2.05, 4.69) is 23.7 Å². The zero-order valence-electron chi connectivity index (χ0n) is 11.0. The van der Waals surface area contributed by atoms with Crippen LogP contribution in [0.1, 0.15) is 43.6 Å². The number of aromatic carboxylic acids is 1. The monoisotopic (exact) mass is 248 g/mol. The predicted molar refractivity (Wildman–Crippen MR) is 71.0 cm³/mol. The summed E-state index contributed by atoms with van der Waals surface area (Å²) in [5, 5.41) is 8.98. The summed E-state index contributed by atoms with van der Waals surface area (Å²) < 4.78 is 0. The number of nitrogens with zero attached hydrogens (tertiary/aromatic N) is 2. The maximum Gasteiger partial charge on any atom is 0.354 e. The number of pyridine rings is 1. The van der Waals surface area contributed by atoms with Crippen LogP contribution >= 0.6 is 0 Å². The maximum atomic E-state index is 10.9. The van der Waals surface area contributed by atoms with Gasteiger partial charge in [0.1, 0.15) is 5.69 Å². The van der Waals surface area contributed by atoms with E-state index < -0.39 is 5.97 Å². The first-order chi connectivity index (χ1) is 8.58. The molecule has 1 heterocycles. The van der Waals surface area contributed by atoms with E-state index in [9.17, 15) is 4.79 Å². The van der Waals surface area contributed by atoms with E-state index in [1.54, 1.807) is 12.3 Å². The van der Waals surface area contributed by atoms with Crippen molar-refractivity contribution in [3.05, 3.63) is 24.0 Å². The molecule has 1 aliphatic carbocycles. The van der Waals surface area contributed by atoms with Crippen molar-refractivity contribution in [3.8, 4) is 0 Å². The van der Waals surface area contributed by atoms with Crippen molar-refractivity contribution in [1.82, 2.24) is 4.98 Å². The average Bonchev–Trinajstić information content (AvgIpc) is 3.14. The van der Waals surface area contributed by atoms with Crippen LogP contribution in [0, 0.1) is 5.92 Å². The lowest BCUT2D eigenvalue weighted by Crippen LogP contribution is -2.28. The Morgan fingerprint density at radius 1 is 1.56 bits per heavy atom. The lowest BCUT2D eigenvalue weighted by Gasteiger charge is -2.25. The molecule has 4 heteroatoms. The fourth-order valence-corrected chi connectivity index (χ4v) is 2.02. The molecule has 1 N–H and O–H groups in total. The molecule has 0 radical (unpaired) electrons. The molecule has 0 atom stereocenters. The number of carbonyl (C=O) groups is 1. The standard InChI is InChI=1S/C14H20N2O2/c1-10(2)6-8-16(11-3-4-11)12-5-7-15-13(9-12)14(17)18/h5,7,9-11H,3-4,6,8H2,1-2H3,(H,17,18). The van der Waals surface area contributed by atoms with Crippen LogP contribution < -0.4 is 4.90 Å². The van der Waals surface area contributed by atoms with E-state index in [-0.39, 0.29) is 5.69 Å².